The molecule has 11 heavy (non-hydrogen) atoms. The summed E-state index contributed by atoms with van der Waals surface area (Å²) >= 11 is 0. The lowest BCUT2D eigenvalue weighted by Gasteiger charge is -2.25. The molecule has 0 heterocycles. The summed E-state index contributed by atoms with van der Waals surface area (Å²) in [5.74, 6) is -1.10. The van der Waals surface area contributed by atoms with Crippen molar-refractivity contribution >= 4 is 6.09 Å². The zero-order chi connectivity index (χ0) is 9.07. The van der Waals surface area contributed by atoms with E-state index < -0.39 is 11.9 Å². The highest BCUT2D eigenvalue weighted by Crippen LogP contribution is 1.97. The van der Waals surface area contributed by atoms with Gasteiger partial charge in [0, 0.05) is 21.0 Å². The maximum atomic E-state index is 10.9. The van der Waals surface area contributed by atoms with Gasteiger partial charge in [0.25, 0.3) is 0 Å². The first-order valence-electron chi connectivity index (χ1n) is 3.27. The molecule has 0 aliphatic heterocycles. The largest absolute Gasteiger partial charge is 0.415 e. The Morgan fingerprint density at radius 3 is 2.36 bits per heavy atom. The molecule has 0 radical (unpaired) electrons. The lowest BCUT2D eigenvalue weighted by atomic mass is 10.5. The third-order valence-electron chi connectivity index (χ3n) is 1.16. The van der Waals surface area contributed by atoms with Gasteiger partial charge >= 0.3 is 6.09 Å². The molecule has 0 aliphatic rings. The molecule has 0 aromatic rings. The second kappa shape index (κ2) is 3.54. The van der Waals surface area contributed by atoms with Crippen molar-refractivity contribution in [3.8, 4) is 0 Å². The summed E-state index contributed by atoms with van der Waals surface area (Å²) in [6, 6.07) is 0. The van der Waals surface area contributed by atoms with E-state index in [1.54, 1.807) is 28.1 Å². The number of ether oxygens (including phenoxy) is 1. The van der Waals surface area contributed by atoms with Crippen molar-refractivity contribution < 1.29 is 9.53 Å². The van der Waals surface area contributed by atoms with Crippen LogP contribution in [0.5, 0.6) is 0 Å². The van der Waals surface area contributed by atoms with Crippen LogP contribution in [0.3, 0.4) is 0 Å². The van der Waals surface area contributed by atoms with Gasteiger partial charge in [-0.3, -0.25) is 11.1 Å². The molecule has 5 heteroatoms. The van der Waals surface area contributed by atoms with E-state index in [9.17, 15) is 4.79 Å². The van der Waals surface area contributed by atoms with Crippen LogP contribution in [0.1, 0.15) is 6.92 Å². The summed E-state index contributed by atoms with van der Waals surface area (Å²) in [5, 5.41) is 2.64. The van der Waals surface area contributed by atoms with Gasteiger partial charge in [0.1, 0.15) is 0 Å². The van der Waals surface area contributed by atoms with Crippen LogP contribution >= 0.6 is 0 Å². The summed E-state index contributed by atoms with van der Waals surface area (Å²) in [6.07, 6.45) is -0.468. The number of nitrogens with one attached hydrogen (secondary N) is 1. The van der Waals surface area contributed by atoms with Gasteiger partial charge in [-0.05, 0) is 7.05 Å². The molecule has 0 saturated heterocycles. The van der Waals surface area contributed by atoms with Gasteiger partial charge in [0.2, 0.25) is 5.85 Å². The molecule has 0 aliphatic carbocycles. The van der Waals surface area contributed by atoms with Crippen molar-refractivity contribution in [1.29, 1.82) is 0 Å². The van der Waals surface area contributed by atoms with Crippen molar-refractivity contribution in [2.75, 3.05) is 21.1 Å². The van der Waals surface area contributed by atoms with Gasteiger partial charge in [0.15, 0.2) is 0 Å². The van der Waals surface area contributed by atoms with E-state index in [4.69, 9.17) is 10.5 Å². The molecule has 0 bridgehead atoms. The molecular formula is C6H15N3O2. The molecule has 0 saturated carbocycles. The lowest BCUT2D eigenvalue weighted by molar-refractivity contribution is -0.00499. The van der Waals surface area contributed by atoms with E-state index >= 15 is 0 Å². The van der Waals surface area contributed by atoms with E-state index in [1.807, 2.05) is 0 Å². The highest BCUT2D eigenvalue weighted by Gasteiger charge is 2.21. The minimum absolute atomic E-state index is 0.468. The summed E-state index contributed by atoms with van der Waals surface area (Å²) in [5.41, 5.74) is 5.47. The third kappa shape index (κ3) is 3.79. The fourth-order valence-electron chi connectivity index (χ4n) is 0.324. The highest BCUT2D eigenvalue weighted by atomic mass is 16.6. The van der Waals surface area contributed by atoms with Gasteiger partial charge in [0.05, 0.1) is 0 Å². The van der Waals surface area contributed by atoms with Gasteiger partial charge in [-0.25, -0.2) is 4.79 Å². The molecule has 0 spiro atoms. The quantitative estimate of drug-likeness (QED) is 0.538. The number of hydrogen-bond donors (Lipinski definition) is 2. The summed E-state index contributed by atoms with van der Waals surface area (Å²) in [6.45, 7) is 1.56. The predicted molar refractivity (Wildman–Crippen MR) is 41.8 cm³/mol. The molecule has 5 nitrogen and oxygen atoms in total. The fourth-order valence-corrected chi connectivity index (χ4v) is 0.324. The maximum Gasteiger partial charge on any atom is 0.411 e. The smallest absolute Gasteiger partial charge is 0.411 e. The first kappa shape index (κ1) is 10.2. The van der Waals surface area contributed by atoms with Crippen LogP contribution in [0.15, 0.2) is 0 Å². The van der Waals surface area contributed by atoms with Gasteiger partial charge in [-0.1, -0.05) is 0 Å². The number of nitrogens with zero attached hydrogens (tertiary/aromatic N) is 1. The van der Waals surface area contributed by atoms with Gasteiger partial charge in [-0.2, -0.15) is 0 Å². The number of rotatable bonds is 2. The highest BCUT2D eigenvalue weighted by molar-refractivity contribution is 5.67. The average Bonchev–Trinajstić information content (AvgIpc) is 1.87. The number of hydrogen-bond acceptors (Lipinski definition) is 4. The van der Waals surface area contributed by atoms with Crippen LogP contribution in [-0.4, -0.2) is 38.0 Å². The predicted octanol–water partition coefficient (Wildman–Crippen LogP) is -0.464. The van der Waals surface area contributed by atoms with Crippen LogP contribution in [0.4, 0.5) is 4.79 Å². The van der Waals surface area contributed by atoms with Crippen molar-refractivity contribution in [3.63, 3.8) is 0 Å². The summed E-state index contributed by atoms with van der Waals surface area (Å²) in [7, 11) is 4.80. The molecule has 0 fully saturated rings. The molecular weight excluding hydrogens is 146 g/mol. The van der Waals surface area contributed by atoms with Crippen molar-refractivity contribution in [2.45, 2.75) is 12.8 Å². The SMILES string of the molecule is CN[C@](C)(N)OC(=O)N(C)C. The van der Waals surface area contributed by atoms with E-state index in [2.05, 4.69) is 5.32 Å². The molecule has 0 aromatic carbocycles. The topological polar surface area (TPSA) is 67.6 Å². The first-order valence-corrected chi connectivity index (χ1v) is 3.27. The number of carbonyl (C=O) groups is 1. The Labute approximate surface area is 66.5 Å². The molecule has 0 rings (SSSR count). The Balaban J connectivity index is 3.94. The standard InChI is InChI=1S/C6H15N3O2/c1-6(7,8-2)11-5(10)9(3)4/h8H,7H2,1-4H3/t6-/m0/s1. The Bertz CT molecular complexity index is 145. The number of nitrogens with two attached hydrogens (primary N) is 1. The Morgan fingerprint density at radius 2 is 2.09 bits per heavy atom. The normalized spacial score (nSPS) is 15.4. The number of carbonyl (C=O) groups excluding carboxylic acids is 1. The molecule has 0 unspecified atom stereocenters. The zero-order valence-corrected chi connectivity index (χ0v) is 7.34. The molecule has 1 atom stereocenters. The molecule has 3 N–H and O–H groups in total. The van der Waals surface area contributed by atoms with Crippen LogP contribution in [0, 0.1) is 0 Å². The Morgan fingerprint density at radius 1 is 1.64 bits per heavy atom. The molecule has 0 aromatic heterocycles. The molecule has 66 valence electrons. The minimum atomic E-state index is -1.10. The van der Waals surface area contributed by atoms with Gasteiger partial charge < -0.3 is 9.64 Å². The van der Waals surface area contributed by atoms with Crippen LogP contribution in [-0.2, 0) is 4.74 Å². The number of amides is 1. The van der Waals surface area contributed by atoms with Crippen molar-refractivity contribution in [3.05, 3.63) is 0 Å². The van der Waals surface area contributed by atoms with E-state index in [1.165, 1.54) is 4.90 Å². The average molecular weight is 161 g/mol. The summed E-state index contributed by atoms with van der Waals surface area (Å²) < 4.78 is 4.80. The second-order valence-corrected chi connectivity index (χ2v) is 2.62. The fraction of sp³-hybridized carbons (Fsp3) is 0.833. The Hall–Kier alpha value is -0.810. The minimum Gasteiger partial charge on any atom is -0.415 e. The van der Waals surface area contributed by atoms with Gasteiger partial charge in [-0.15, -0.1) is 0 Å². The monoisotopic (exact) mass is 161 g/mol. The van der Waals surface area contributed by atoms with Crippen LogP contribution in [0.2, 0.25) is 0 Å². The second-order valence-electron chi connectivity index (χ2n) is 2.62. The van der Waals surface area contributed by atoms with Crippen molar-refractivity contribution in [2.24, 2.45) is 5.73 Å². The molecule has 1 amide bonds. The van der Waals surface area contributed by atoms with E-state index in [-0.39, 0.29) is 0 Å². The zero-order valence-electron chi connectivity index (χ0n) is 7.34. The van der Waals surface area contributed by atoms with E-state index in [0.717, 1.165) is 0 Å². The lowest BCUT2D eigenvalue weighted by Crippen LogP contribution is -2.53. The third-order valence-corrected chi connectivity index (χ3v) is 1.16. The first-order chi connectivity index (χ1) is 4.89. The van der Waals surface area contributed by atoms with Crippen LogP contribution < -0.4 is 11.1 Å². The Kier molecular flexibility index (Phi) is 3.28. The summed E-state index contributed by atoms with van der Waals surface area (Å²) in [4.78, 5) is 12.2. The maximum absolute atomic E-state index is 10.9. The van der Waals surface area contributed by atoms with Crippen molar-refractivity contribution in [1.82, 2.24) is 10.2 Å². The van der Waals surface area contributed by atoms with Crippen LogP contribution in [0.25, 0.3) is 0 Å². The van der Waals surface area contributed by atoms with E-state index in [0.29, 0.717) is 0 Å².